The summed E-state index contributed by atoms with van der Waals surface area (Å²) in [6.07, 6.45) is -0.0493. The van der Waals surface area contributed by atoms with E-state index in [0.717, 1.165) is 25.0 Å². The Hall–Kier alpha value is -2.39. The van der Waals surface area contributed by atoms with Crippen molar-refractivity contribution in [3.8, 4) is 16.9 Å². The quantitative estimate of drug-likeness (QED) is 0.699. The van der Waals surface area contributed by atoms with Crippen LogP contribution in [0.3, 0.4) is 0 Å². The maximum atomic E-state index is 13.1. The second-order valence-corrected chi connectivity index (χ2v) is 6.58. The van der Waals surface area contributed by atoms with Crippen LogP contribution in [0.25, 0.3) is 11.1 Å². The van der Waals surface area contributed by atoms with Crippen LogP contribution in [0.15, 0.2) is 35.5 Å². The second-order valence-electron chi connectivity index (χ2n) is 6.58. The fourth-order valence-electron chi connectivity index (χ4n) is 3.14. The Kier molecular flexibility index (Phi) is 6.35. The first-order valence-electron chi connectivity index (χ1n) is 8.85. The van der Waals surface area contributed by atoms with E-state index in [9.17, 15) is 18.0 Å². The Morgan fingerprint density at radius 1 is 1.25 bits per heavy atom. The summed E-state index contributed by atoms with van der Waals surface area (Å²) in [5.74, 6) is 0.208. The van der Waals surface area contributed by atoms with Gasteiger partial charge in [-0.3, -0.25) is 9.36 Å². The van der Waals surface area contributed by atoms with Crippen molar-refractivity contribution in [1.29, 1.82) is 0 Å². The number of rotatable bonds is 6. The van der Waals surface area contributed by atoms with Gasteiger partial charge < -0.3 is 14.2 Å². The van der Waals surface area contributed by atoms with Gasteiger partial charge in [-0.1, -0.05) is 0 Å². The molecule has 0 amide bonds. The average molecular weight is 398 g/mol. The molecule has 0 bridgehead atoms. The zero-order valence-electron chi connectivity index (χ0n) is 15.4. The van der Waals surface area contributed by atoms with Crippen molar-refractivity contribution >= 4 is 0 Å². The Labute approximate surface area is 159 Å². The molecule has 2 heterocycles. The predicted octanol–water partition coefficient (Wildman–Crippen LogP) is 3.34. The van der Waals surface area contributed by atoms with E-state index in [1.54, 1.807) is 0 Å². The van der Waals surface area contributed by atoms with Gasteiger partial charge in [0, 0.05) is 38.6 Å². The van der Waals surface area contributed by atoms with Gasteiger partial charge in [0.05, 0.1) is 17.5 Å². The molecule has 0 saturated carbocycles. The molecule has 1 aliphatic heterocycles. The van der Waals surface area contributed by atoms with Gasteiger partial charge in [0.15, 0.2) is 6.79 Å². The van der Waals surface area contributed by atoms with Crippen LogP contribution in [0.2, 0.25) is 0 Å². The number of halogens is 3. The van der Waals surface area contributed by atoms with E-state index in [-0.39, 0.29) is 29.2 Å². The number of hydrogen-bond acceptors (Lipinski definition) is 5. The molecule has 3 rings (SSSR count). The first kappa shape index (κ1) is 20.3. The van der Waals surface area contributed by atoms with E-state index < -0.39 is 11.7 Å². The third kappa shape index (κ3) is 4.71. The lowest BCUT2D eigenvalue weighted by Gasteiger charge is -2.22. The molecule has 1 aromatic carbocycles. The molecule has 6 nitrogen and oxygen atoms in total. The van der Waals surface area contributed by atoms with Gasteiger partial charge in [0.25, 0.3) is 5.56 Å². The first-order valence-corrected chi connectivity index (χ1v) is 8.85. The number of alkyl halides is 3. The molecule has 0 aliphatic carbocycles. The van der Waals surface area contributed by atoms with E-state index in [1.165, 1.54) is 30.3 Å². The highest BCUT2D eigenvalue weighted by Gasteiger charge is 2.31. The minimum Gasteiger partial charge on any atom is -0.467 e. The van der Waals surface area contributed by atoms with Crippen LogP contribution in [0.4, 0.5) is 13.2 Å². The van der Waals surface area contributed by atoms with Gasteiger partial charge in [-0.05, 0) is 37.0 Å². The molecule has 0 radical (unpaired) electrons. The van der Waals surface area contributed by atoms with Crippen molar-refractivity contribution in [2.75, 3.05) is 27.1 Å². The van der Waals surface area contributed by atoms with Crippen LogP contribution < -0.4 is 10.3 Å². The fraction of sp³-hybridized carbons (Fsp3) is 0.474. The fourth-order valence-corrected chi connectivity index (χ4v) is 3.14. The molecule has 152 valence electrons. The van der Waals surface area contributed by atoms with Crippen molar-refractivity contribution in [3.63, 3.8) is 0 Å². The van der Waals surface area contributed by atoms with Gasteiger partial charge in [0.1, 0.15) is 5.75 Å². The minimum absolute atomic E-state index is 0.0839. The van der Waals surface area contributed by atoms with Crippen molar-refractivity contribution in [3.05, 3.63) is 46.6 Å². The van der Waals surface area contributed by atoms with E-state index in [1.807, 2.05) is 0 Å². The summed E-state index contributed by atoms with van der Waals surface area (Å²) >= 11 is 0. The van der Waals surface area contributed by atoms with Crippen molar-refractivity contribution < 1.29 is 27.4 Å². The smallest absolute Gasteiger partial charge is 0.416 e. The Morgan fingerprint density at radius 2 is 2.00 bits per heavy atom. The van der Waals surface area contributed by atoms with Gasteiger partial charge >= 0.3 is 6.18 Å². The highest BCUT2D eigenvalue weighted by molar-refractivity contribution is 5.69. The topological polar surface area (TPSA) is 62.6 Å². The van der Waals surface area contributed by atoms with Crippen LogP contribution in [-0.4, -0.2) is 36.7 Å². The van der Waals surface area contributed by atoms with E-state index in [4.69, 9.17) is 14.2 Å². The summed E-state index contributed by atoms with van der Waals surface area (Å²) in [5.41, 5.74) is -0.782. The maximum absolute atomic E-state index is 13.1. The molecule has 2 aromatic rings. The van der Waals surface area contributed by atoms with Crippen LogP contribution in [0.5, 0.6) is 5.75 Å². The average Bonchev–Trinajstić information content (AvgIpc) is 2.68. The molecule has 1 fully saturated rings. The standard InChI is InChI=1S/C19H21F3N2O4/c1-26-12-28-17-8-14(19(20,21)22)2-3-15(17)16-9-23-11-24(18(16)25)10-13-4-6-27-7-5-13/h2-3,8-9,11,13H,4-7,10,12H2,1H3. The number of aromatic nitrogens is 2. The van der Waals surface area contributed by atoms with Crippen molar-refractivity contribution in [2.24, 2.45) is 5.92 Å². The summed E-state index contributed by atoms with van der Waals surface area (Å²) in [5, 5.41) is 0. The van der Waals surface area contributed by atoms with Crippen LogP contribution in [0.1, 0.15) is 18.4 Å². The van der Waals surface area contributed by atoms with E-state index in [2.05, 4.69) is 4.98 Å². The van der Waals surface area contributed by atoms with E-state index in [0.29, 0.717) is 25.7 Å². The third-order valence-electron chi connectivity index (χ3n) is 4.63. The number of nitrogens with zero attached hydrogens (tertiary/aromatic N) is 2. The normalized spacial score (nSPS) is 15.6. The largest absolute Gasteiger partial charge is 0.467 e. The molecule has 1 aromatic heterocycles. The van der Waals surface area contributed by atoms with Crippen LogP contribution >= 0.6 is 0 Å². The minimum atomic E-state index is -4.53. The molecule has 28 heavy (non-hydrogen) atoms. The molecular weight excluding hydrogens is 377 g/mol. The molecule has 0 spiro atoms. The molecule has 1 saturated heterocycles. The third-order valence-corrected chi connectivity index (χ3v) is 4.63. The number of benzene rings is 1. The van der Waals surface area contributed by atoms with Crippen molar-refractivity contribution in [1.82, 2.24) is 9.55 Å². The number of ether oxygens (including phenoxy) is 3. The van der Waals surface area contributed by atoms with Crippen LogP contribution in [0, 0.1) is 5.92 Å². The summed E-state index contributed by atoms with van der Waals surface area (Å²) in [7, 11) is 1.36. The molecule has 0 atom stereocenters. The van der Waals surface area contributed by atoms with Gasteiger partial charge in [-0.25, -0.2) is 4.98 Å². The maximum Gasteiger partial charge on any atom is 0.416 e. The summed E-state index contributed by atoms with van der Waals surface area (Å²) in [6.45, 7) is 1.55. The summed E-state index contributed by atoms with van der Waals surface area (Å²) in [4.78, 5) is 17.0. The molecule has 0 unspecified atom stereocenters. The molecular formula is C19H21F3N2O4. The molecule has 0 N–H and O–H groups in total. The molecule has 1 aliphatic rings. The van der Waals surface area contributed by atoms with Gasteiger partial charge in [0.2, 0.25) is 0 Å². The number of methoxy groups -OCH3 is 1. The Bertz CT molecular complexity index is 861. The summed E-state index contributed by atoms with van der Waals surface area (Å²) in [6, 6.07) is 3.01. The van der Waals surface area contributed by atoms with Crippen molar-refractivity contribution in [2.45, 2.75) is 25.6 Å². The lowest BCUT2D eigenvalue weighted by Crippen LogP contribution is -2.28. The highest BCUT2D eigenvalue weighted by atomic mass is 19.4. The first-order chi connectivity index (χ1) is 13.4. The Morgan fingerprint density at radius 3 is 2.68 bits per heavy atom. The lowest BCUT2D eigenvalue weighted by molar-refractivity contribution is -0.137. The summed E-state index contributed by atoms with van der Waals surface area (Å²) < 4.78 is 56.1. The predicted molar refractivity (Wildman–Crippen MR) is 95.0 cm³/mol. The number of hydrogen-bond donors (Lipinski definition) is 0. The van der Waals surface area contributed by atoms with Crippen LogP contribution in [-0.2, 0) is 22.2 Å². The Balaban J connectivity index is 1.97. The highest BCUT2D eigenvalue weighted by Crippen LogP contribution is 2.36. The SMILES string of the molecule is COCOc1cc(C(F)(F)F)ccc1-c1cncn(CC2CCOCC2)c1=O. The van der Waals surface area contributed by atoms with Gasteiger partial charge in [-0.2, -0.15) is 13.2 Å². The zero-order valence-corrected chi connectivity index (χ0v) is 15.4. The van der Waals surface area contributed by atoms with E-state index >= 15 is 0 Å². The van der Waals surface area contributed by atoms with Gasteiger partial charge in [-0.15, -0.1) is 0 Å². The monoisotopic (exact) mass is 398 g/mol. The zero-order chi connectivity index (χ0) is 20.1. The second kappa shape index (κ2) is 8.74. The molecule has 9 heteroatoms. The lowest BCUT2D eigenvalue weighted by atomic mass is 10.00.